The van der Waals surface area contributed by atoms with Crippen molar-refractivity contribution in [3.8, 4) is 5.75 Å². The maximum Gasteiger partial charge on any atom is 0.225 e. The number of hydrogen-bond acceptors (Lipinski definition) is 7. The first kappa shape index (κ1) is 23.8. The molecule has 1 atom stereocenters. The van der Waals surface area contributed by atoms with Gasteiger partial charge >= 0.3 is 0 Å². The van der Waals surface area contributed by atoms with Crippen molar-refractivity contribution >= 4 is 21.6 Å². The number of amides is 1. The Hall–Kier alpha value is -1.88. The smallest absolute Gasteiger partial charge is 0.225 e. The fraction of sp³-hybridized carbons (Fsp3) is 0.667. The highest BCUT2D eigenvalue weighted by molar-refractivity contribution is 7.88. The van der Waals surface area contributed by atoms with Crippen molar-refractivity contribution in [2.75, 3.05) is 71.1 Å². The van der Waals surface area contributed by atoms with Gasteiger partial charge in [-0.05, 0) is 25.0 Å². The Kier molecular flexibility index (Phi) is 7.46. The molecule has 0 radical (unpaired) electrons. The minimum Gasteiger partial charge on any atom is -0.497 e. The number of anilines is 1. The van der Waals surface area contributed by atoms with Gasteiger partial charge in [-0.1, -0.05) is 6.07 Å². The van der Waals surface area contributed by atoms with Crippen LogP contribution in [0.4, 0.5) is 5.69 Å². The highest BCUT2D eigenvalue weighted by Crippen LogP contribution is 2.29. The lowest BCUT2D eigenvalue weighted by Gasteiger charge is -2.42. The van der Waals surface area contributed by atoms with Gasteiger partial charge in [0.2, 0.25) is 15.9 Å². The van der Waals surface area contributed by atoms with Crippen LogP contribution in [0.25, 0.3) is 0 Å². The number of hydrogen-bond donors (Lipinski definition) is 2. The van der Waals surface area contributed by atoms with Gasteiger partial charge in [0.15, 0.2) is 0 Å². The third kappa shape index (κ3) is 6.09. The summed E-state index contributed by atoms with van der Waals surface area (Å²) in [6.07, 6.45) is 2.37. The Morgan fingerprint density at radius 1 is 1.23 bits per heavy atom. The standard InChI is InChI=1S/C21H34N4O5S/c1-22-20(26)17-14-23(11-12-25(15-17)31(3,28)29)16-21(27)7-9-24(10-8-21)18-5-4-6-19(13-18)30-2/h4-6,13,17,27H,7-12,14-16H2,1-3H3,(H,22,26)/t17-/m1/s1. The fourth-order valence-corrected chi connectivity index (χ4v) is 5.29. The molecular weight excluding hydrogens is 420 g/mol. The highest BCUT2D eigenvalue weighted by atomic mass is 32.2. The van der Waals surface area contributed by atoms with E-state index in [-0.39, 0.29) is 12.5 Å². The average molecular weight is 455 g/mol. The Morgan fingerprint density at radius 2 is 1.94 bits per heavy atom. The van der Waals surface area contributed by atoms with Gasteiger partial charge < -0.3 is 20.1 Å². The molecule has 0 bridgehead atoms. The number of nitrogens with zero attached hydrogens (tertiary/aromatic N) is 3. The highest BCUT2D eigenvalue weighted by Gasteiger charge is 2.37. The second kappa shape index (κ2) is 9.72. The summed E-state index contributed by atoms with van der Waals surface area (Å²) < 4.78 is 30.8. The van der Waals surface area contributed by atoms with Crippen LogP contribution in [0.15, 0.2) is 24.3 Å². The van der Waals surface area contributed by atoms with Crippen LogP contribution in [-0.4, -0.2) is 100 Å². The van der Waals surface area contributed by atoms with Crippen molar-refractivity contribution in [1.82, 2.24) is 14.5 Å². The zero-order valence-electron chi connectivity index (χ0n) is 18.6. The predicted molar refractivity (Wildman–Crippen MR) is 120 cm³/mol. The SMILES string of the molecule is CNC(=O)[C@@H]1CN(CC2(O)CCN(c3cccc(OC)c3)CC2)CCN(S(C)(=O)=O)C1. The van der Waals surface area contributed by atoms with E-state index in [9.17, 15) is 18.3 Å². The molecule has 2 aliphatic rings. The van der Waals surface area contributed by atoms with Gasteiger partial charge in [0, 0.05) is 64.6 Å². The summed E-state index contributed by atoms with van der Waals surface area (Å²) in [6, 6.07) is 7.90. The summed E-state index contributed by atoms with van der Waals surface area (Å²) >= 11 is 0. The van der Waals surface area contributed by atoms with Gasteiger partial charge in [0.05, 0.1) is 24.9 Å². The van der Waals surface area contributed by atoms with Crippen LogP contribution in [-0.2, 0) is 14.8 Å². The van der Waals surface area contributed by atoms with Gasteiger partial charge in [-0.25, -0.2) is 12.7 Å². The summed E-state index contributed by atoms with van der Waals surface area (Å²) in [7, 11) is -0.187. The molecule has 10 heteroatoms. The summed E-state index contributed by atoms with van der Waals surface area (Å²) in [6.45, 7) is 3.24. The van der Waals surface area contributed by atoms with Gasteiger partial charge in [-0.2, -0.15) is 0 Å². The average Bonchev–Trinajstić information content (AvgIpc) is 2.96. The molecule has 2 saturated heterocycles. The van der Waals surface area contributed by atoms with Crippen LogP contribution >= 0.6 is 0 Å². The van der Waals surface area contributed by atoms with Crippen molar-refractivity contribution in [2.24, 2.45) is 5.92 Å². The van der Waals surface area contributed by atoms with Crippen molar-refractivity contribution in [3.05, 3.63) is 24.3 Å². The van der Waals surface area contributed by atoms with E-state index in [2.05, 4.69) is 10.2 Å². The lowest BCUT2D eigenvalue weighted by Crippen LogP contribution is -2.52. The third-order valence-corrected chi connectivity index (χ3v) is 7.55. The Morgan fingerprint density at radius 3 is 2.55 bits per heavy atom. The number of rotatable bonds is 6. The molecule has 1 amide bonds. The lowest BCUT2D eigenvalue weighted by molar-refractivity contribution is -0.125. The van der Waals surface area contributed by atoms with Crippen LogP contribution in [0.5, 0.6) is 5.75 Å². The van der Waals surface area contributed by atoms with E-state index in [1.54, 1.807) is 14.2 Å². The van der Waals surface area contributed by atoms with Crippen LogP contribution < -0.4 is 15.0 Å². The number of carbonyl (C=O) groups excluding carboxylic acids is 1. The number of sulfonamides is 1. The van der Waals surface area contributed by atoms with E-state index >= 15 is 0 Å². The van der Waals surface area contributed by atoms with Crippen molar-refractivity contribution in [2.45, 2.75) is 18.4 Å². The fourth-order valence-electron chi connectivity index (χ4n) is 4.43. The Labute approximate surface area is 185 Å². The molecule has 2 aliphatic heterocycles. The van der Waals surface area contributed by atoms with E-state index in [1.807, 2.05) is 29.2 Å². The van der Waals surface area contributed by atoms with Crippen LogP contribution in [0.2, 0.25) is 0 Å². The van der Waals surface area contributed by atoms with Crippen molar-refractivity contribution in [3.63, 3.8) is 0 Å². The monoisotopic (exact) mass is 454 g/mol. The zero-order chi connectivity index (χ0) is 22.6. The maximum absolute atomic E-state index is 12.3. The third-order valence-electron chi connectivity index (χ3n) is 6.28. The van der Waals surface area contributed by atoms with Gasteiger partial charge in [0.1, 0.15) is 5.75 Å². The Bertz CT molecular complexity index is 870. The summed E-state index contributed by atoms with van der Waals surface area (Å²) in [5.74, 6) is 0.154. The van der Waals surface area contributed by atoms with Gasteiger partial charge in [-0.15, -0.1) is 0 Å². The molecular formula is C21H34N4O5S. The molecule has 2 heterocycles. The molecule has 1 aromatic rings. The number of aliphatic hydroxyl groups is 1. The number of methoxy groups -OCH3 is 1. The predicted octanol–water partition coefficient (Wildman–Crippen LogP) is -0.0341. The minimum absolute atomic E-state index is 0.164. The number of carbonyl (C=O) groups is 1. The number of piperidine rings is 1. The molecule has 2 fully saturated rings. The summed E-state index contributed by atoms with van der Waals surface area (Å²) in [5.41, 5.74) is 0.197. The van der Waals surface area contributed by atoms with Crippen molar-refractivity contribution < 1.29 is 23.1 Å². The number of nitrogens with one attached hydrogen (secondary N) is 1. The van der Waals surface area contributed by atoms with Crippen LogP contribution in [0.1, 0.15) is 12.8 Å². The minimum atomic E-state index is -3.39. The molecule has 0 saturated carbocycles. The first-order chi connectivity index (χ1) is 14.6. The van der Waals surface area contributed by atoms with E-state index in [4.69, 9.17) is 4.74 Å². The number of benzene rings is 1. The second-order valence-electron chi connectivity index (χ2n) is 8.58. The molecule has 1 aromatic carbocycles. The van der Waals surface area contributed by atoms with Crippen molar-refractivity contribution in [1.29, 1.82) is 0 Å². The molecule has 9 nitrogen and oxygen atoms in total. The summed E-state index contributed by atoms with van der Waals surface area (Å²) in [5, 5.41) is 13.9. The molecule has 2 N–H and O–H groups in total. The largest absolute Gasteiger partial charge is 0.497 e. The first-order valence-electron chi connectivity index (χ1n) is 10.6. The molecule has 31 heavy (non-hydrogen) atoms. The Balaban J connectivity index is 1.64. The molecule has 0 spiro atoms. The van der Waals surface area contributed by atoms with Gasteiger partial charge in [0.25, 0.3) is 0 Å². The molecule has 0 aromatic heterocycles. The molecule has 0 unspecified atom stereocenters. The molecule has 174 valence electrons. The lowest BCUT2D eigenvalue weighted by atomic mass is 9.90. The summed E-state index contributed by atoms with van der Waals surface area (Å²) in [4.78, 5) is 16.6. The number of β-amino-alcohol motifs (C(OH)–C–C–N with tert-alkyl or cyclic N) is 1. The zero-order valence-corrected chi connectivity index (χ0v) is 19.4. The normalized spacial score (nSPS) is 23.2. The quantitative estimate of drug-likeness (QED) is 0.622. The van der Waals surface area contributed by atoms with E-state index in [1.165, 1.54) is 10.6 Å². The first-order valence-corrected chi connectivity index (χ1v) is 12.5. The second-order valence-corrected chi connectivity index (χ2v) is 10.6. The van der Waals surface area contributed by atoms with E-state index in [0.717, 1.165) is 11.4 Å². The van der Waals surface area contributed by atoms with Crippen LogP contribution in [0.3, 0.4) is 0 Å². The van der Waals surface area contributed by atoms with Gasteiger partial charge in [-0.3, -0.25) is 9.69 Å². The number of ether oxygens (including phenoxy) is 1. The molecule has 3 rings (SSSR count). The van der Waals surface area contributed by atoms with E-state index in [0.29, 0.717) is 52.1 Å². The maximum atomic E-state index is 12.3. The topological polar surface area (TPSA) is 102 Å². The molecule has 0 aliphatic carbocycles. The van der Waals surface area contributed by atoms with Crippen LogP contribution in [0, 0.1) is 5.92 Å². The van der Waals surface area contributed by atoms with E-state index < -0.39 is 21.5 Å².